The molecule has 1 fully saturated rings. The minimum atomic E-state index is -0.139. The number of carbonyl (C=O) groups is 2. The quantitative estimate of drug-likeness (QED) is 0.449. The van der Waals surface area contributed by atoms with Crippen molar-refractivity contribution in [3.8, 4) is 0 Å². The highest BCUT2D eigenvalue weighted by Crippen LogP contribution is 2.32. The van der Waals surface area contributed by atoms with Gasteiger partial charge in [0.2, 0.25) is 5.91 Å². The monoisotopic (exact) mass is 374 g/mol. The van der Waals surface area contributed by atoms with Gasteiger partial charge in [-0.1, -0.05) is 68.2 Å². The second kappa shape index (κ2) is 8.97. The standard InChI is InChI=1S/C19H22N2O2S2/c1-4-10-20-17(22)9-11-21-18(23)16(25-19(21)24)12-14-5-7-15(8-6-14)13(2)3/h4-8,12-13H,1,9-11H2,2-3H3,(H,20,22)/b16-12-. The van der Waals surface area contributed by atoms with Gasteiger partial charge in [0.05, 0.1) is 4.91 Å². The molecule has 132 valence electrons. The molecule has 0 spiro atoms. The predicted octanol–water partition coefficient (Wildman–Crippen LogP) is 3.70. The first-order chi connectivity index (χ1) is 11.9. The molecule has 0 aromatic heterocycles. The fourth-order valence-corrected chi connectivity index (χ4v) is 3.62. The maximum absolute atomic E-state index is 12.5. The van der Waals surface area contributed by atoms with Crippen molar-refractivity contribution in [1.82, 2.24) is 10.2 Å². The zero-order valence-corrected chi connectivity index (χ0v) is 16.1. The molecule has 0 aliphatic carbocycles. The average Bonchev–Trinajstić information content (AvgIpc) is 2.85. The van der Waals surface area contributed by atoms with Gasteiger partial charge in [0.25, 0.3) is 5.91 Å². The number of nitrogens with zero attached hydrogens (tertiary/aromatic N) is 1. The van der Waals surface area contributed by atoms with Crippen LogP contribution in [0.2, 0.25) is 0 Å². The lowest BCUT2D eigenvalue weighted by molar-refractivity contribution is -0.123. The Balaban J connectivity index is 2.02. The lowest BCUT2D eigenvalue weighted by atomic mass is 10.0. The summed E-state index contributed by atoms with van der Waals surface area (Å²) in [6.07, 6.45) is 3.68. The summed E-state index contributed by atoms with van der Waals surface area (Å²) < 4.78 is 0.492. The number of rotatable bonds is 7. The number of amides is 2. The van der Waals surface area contributed by atoms with Crippen molar-refractivity contribution in [1.29, 1.82) is 0 Å². The van der Waals surface area contributed by atoms with Crippen LogP contribution in [0.15, 0.2) is 41.8 Å². The summed E-state index contributed by atoms with van der Waals surface area (Å²) in [7, 11) is 0. The topological polar surface area (TPSA) is 49.4 Å². The lowest BCUT2D eigenvalue weighted by Crippen LogP contribution is -2.33. The molecule has 6 heteroatoms. The molecule has 1 aliphatic rings. The molecule has 0 atom stereocenters. The van der Waals surface area contributed by atoms with E-state index < -0.39 is 0 Å². The Morgan fingerprint density at radius 1 is 1.36 bits per heavy atom. The minimum absolute atomic E-state index is 0.123. The summed E-state index contributed by atoms with van der Waals surface area (Å²) in [5.41, 5.74) is 2.23. The first kappa shape index (κ1) is 19.4. The van der Waals surface area contributed by atoms with Crippen LogP contribution in [0.25, 0.3) is 6.08 Å². The van der Waals surface area contributed by atoms with Crippen LogP contribution in [0.1, 0.15) is 37.3 Å². The van der Waals surface area contributed by atoms with Crippen molar-refractivity contribution >= 4 is 46.2 Å². The Morgan fingerprint density at radius 3 is 2.64 bits per heavy atom. The van der Waals surface area contributed by atoms with Crippen molar-refractivity contribution in [2.45, 2.75) is 26.2 Å². The highest BCUT2D eigenvalue weighted by Gasteiger charge is 2.31. The molecule has 1 aliphatic heterocycles. The number of carbonyl (C=O) groups excluding carboxylic acids is 2. The smallest absolute Gasteiger partial charge is 0.266 e. The molecule has 1 N–H and O–H groups in total. The maximum atomic E-state index is 12.5. The SMILES string of the molecule is C=CCNC(=O)CCN1C(=O)/C(=C/c2ccc(C(C)C)cc2)SC1=S. The van der Waals surface area contributed by atoms with Crippen molar-refractivity contribution in [2.75, 3.05) is 13.1 Å². The highest BCUT2D eigenvalue weighted by atomic mass is 32.2. The molecule has 0 radical (unpaired) electrons. The van der Waals surface area contributed by atoms with Crippen LogP contribution in [-0.2, 0) is 9.59 Å². The molecule has 0 unspecified atom stereocenters. The summed E-state index contributed by atoms with van der Waals surface area (Å²) in [6, 6.07) is 8.15. The van der Waals surface area contributed by atoms with Gasteiger partial charge in [0.1, 0.15) is 4.32 Å². The first-order valence-electron chi connectivity index (χ1n) is 8.15. The van der Waals surface area contributed by atoms with Crippen LogP contribution in [0.5, 0.6) is 0 Å². The van der Waals surface area contributed by atoms with Crippen LogP contribution in [0, 0.1) is 0 Å². The van der Waals surface area contributed by atoms with Crippen LogP contribution >= 0.6 is 24.0 Å². The Kier molecular flexibility index (Phi) is 6.96. The number of nitrogens with one attached hydrogen (secondary N) is 1. The summed E-state index contributed by atoms with van der Waals surface area (Å²) in [5, 5.41) is 2.69. The number of thioether (sulfide) groups is 1. The second-order valence-corrected chi connectivity index (χ2v) is 7.67. The van der Waals surface area contributed by atoms with E-state index in [-0.39, 0.29) is 24.8 Å². The van der Waals surface area contributed by atoms with E-state index in [1.54, 1.807) is 6.08 Å². The Labute approximate surface area is 158 Å². The Morgan fingerprint density at radius 2 is 2.04 bits per heavy atom. The molecule has 0 bridgehead atoms. The average molecular weight is 375 g/mol. The van der Waals surface area contributed by atoms with Crippen molar-refractivity contribution in [3.05, 3.63) is 53.0 Å². The van der Waals surface area contributed by atoms with E-state index in [0.717, 1.165) is 5.56 Å². The molecule has 1 aromatic carbocycles. The van der Waals surface area contributed by atoms with Crippen molar-refractivity contribution in [2.24, 2.45) is 0 Å². The molecule has 1 aromatic rings. The minimum Gasteiger partial charge on any atom is -0.353 e. The van der Waals surface area contributed by atoms with Gasteiger partial charge in [-0.05, 0) is 23.1 Å². The van der Waals surface area contributed by atoms with Gasteiger partial charge in [-0.25, -0.2) is 0 Å². The second-order valence-electron chi connectivity index (χ2n) is 6.00. The van der Waals surface area contributed by atoms with E-state index in [1.165, 1.54) is 22.2 Å². The molecule has 2 amide bonds. The van der Waals surface area contributed by atoms with E-state index in [9.17, 15) is 9.59 Å². The fourth-order valence-electron chi connectivity index (χ4n) is 2.31. The highest BCUT2D eigenvalue weighted by molar-refractivity contribution is 8.26. The van der Waals surface area contributed by atoms with Crippen molar-refractivity contribution < 1.29 is 9.59 Å². The van der Waals surface area contributed by atoms with E-state index >= 15 is 0 Å². The molecule has 25 heavy (non-hydrogen) atoms. The van der Waals surface area contributed by atoms with E-state index in [0.29, 0.717) is 21.7 Å². The molecule has 1 saturated heterocycles. The number of hydrogen-bond acceptors (Lipinski definition) is 4. The fraction of sp³-hybridized carbons (Fsp3) is 0.316. The number of hydrogen-bond donors (Lipinski definition) is 1. The molecule has 2 rings (SSSR count). The zero-order valence-electron chi connectivity index (χ0n) is 14.5. The third-order valence-electron chi connectivity index (χ3n) is 3.78. The molecule has 4 nitrogen and oxygen atoms in total. The van der Waals surface area contributed by atoms with E-state index in [4.69, 9.17) is 12.2 Å². The summed E-state index contributed by atoms with van der Waals surface area (Å²) in [5.74, 6) is 0.209. The van der Waals surface area contributed by atoms with Crippen LogP contribution in [0.3, 0.4) is 0 Å². The van der Waals surface area contributed by atoms with Crippen molar-refractivity contribution in [3.63, 3.8) is 0 Å². The van der Waals surface area contributed by atoms with Gasteiger partial charge < -0.3 is 5.32 Å². The number of benzene rings is 1. The number of thiocarbonyl (C=S) groups is 1. The van der Waals surface area contributed by atoms with Gasteiger partial charge in [-0.15, -0.1) is 6.58 Å². The lowest BCUT2D eigenvalue weighted by Gasteiger charge is -2.13. The van der Waals surface area contributed by atoms with Gasteiger partial charge in [0.15, 0.2) is 0 Å². The van der Waals surface area contributed by atoms with E-state index in [1.807, 2.05) is 18.2 Å². The normalized spacial score (nSPS) is 16.0. The molecule has 0 saturated carbocycles. The maximum Gasteiger partial charge on any atom is 0.266 e. The molecule has 1 heterocycles. The third-order valence-corrected chi connectivity index (χ3v) is 5.16. The van der Waals surface area contributed by atoms with E-state index in [2.05, 4.69) is 37.9 Å². The van der Waals surface area contributed by atoms with Gasteiger partial charge >= 0.3 is 0 Å². The van der Waals surface area contributed by atoms with Crippen LogP contribution in [0.4, 0.5) is 0 Å². The van der Waals surface area contributed by atoms with Crippen LogP contribution < -0.4 is 5.32 Å². The van der Waals surface area contributed by atoms with Gasteiger partial charge in [0, 0.05) is 19.5 Å². The van der Waals surface area contributed by atoms with Gasteiger partial charge in [-0.3, -0.25) is 14.5 Å². The summed E-state index contributed by atoms with van der Waals surface area (Å²) >= 11 is 6.56. The van der Waals surface area contributed by atoms with Gasteiger partial charge in [-0.2, -0.15) is 0 Å². The summed E-state index contributed by atoms with van der Waals surface area (Å²) in [6.45, 7) is 8.55. The van der Waals surface area contributed by atoms with Crippen LogP contribution in [-0.4, -0.2) is 34.1 Å². The summed E-state index contributed by atoms with van der Waals surface area (Å²) in [4.78, 5) is 26.3. The largest absolute Gasteiger partial charge is 0.353 e. The molecular formula is C19H22N2O2S2. The third kappa shape index (κ3) is 5.28. The first-order valence-corrected chi connectivity index (χ1v) is 9.37. The predicted molar refractivity (Wildman–Crippen MR) is 108 cm³/mol. The Hall–Kier alpha value is -1.92. The zero-order chi connectivity index (χ0) is 18.4. The Bertz CT molecular complexity index is 709. The molecular weight excluding hydrogens is 352 g/mol.